The number of benzene rings is 8. The van der Waals surface area contributed by atoms with Gasteiger partial charge in [-0.3, -0.25) is 0 Å². The lowest BCUT2D eigenvalue weighted by Crippen LogP contribution is -1.89. The summed E-state index contributed by atoms with van der Waals surface area (Å²) in [7, 11) is 0. The van der Waals surface area contributed by atoms with Crippen molar-refractivity contribution in [3.05, 3.63) is 203 Å². The van der Waals surface area contributed by atoms with Crippen molar-refractivity contribution in [1.29, 1.82) is 0 Å². The highest BCUT2D eigenvalue weighted by Crippen LogP contribution is 2.33. The molecule has 0 saturated heterocycles. The molecule has 1 heteroatoms. The average Bonchev–Trinajstić information content (AvgIpc) is 3.17. The third-order valence-electron chi connectivity index (χ3n) is 8.80. The van der Waals surface area contributed by atoms with Gasteiger partial charge in [0.05, 0.1) is 0 Å². The van der Waals surface area contributed by atoms with Gasteiger partial charge in [0.2, 0.25) is 0 Å². The van der Waals surface area contributed by atoms with Crippen LogP contribution < -0.4 is 5.32 Å². The Morgan fingerprint density at radius 1 is 0.288 bits per heavy atom. The third-order valence-corrected chi connectivity index (χ3v) is 8.80. The normalized spacial score (nSPS) is 10.0. The smallest absolute Gasteiger partial charge is 0.0384 e. The number of hydrogen-bond donors (Lipinski definition) is 1. The molecule has 0 aromatic heterocycles. The van der Waals surface area contributed by atoms with Crippen LogP contribution in [0.2, 0.25) is 0 Å². The quantitative estimate of drug-likeness (QED) is 0.179. The van der Waals surface area contributed by atoms with Crippen LogP contribution in [0.15, 0.2) is 164 Å². The largest absolute Gasteiger partial charge is 0.356 e. The van der Waals surface area contributed by atoms with E-state index >= 15 is 0 Å². The fourth-order valence-electron chi connectivity index (χ4n) is 5.76. The Kier molecular flexibility index (Phi) is 14.8. The summed E-state index contributed by atoms with van der Waals surface area (Å²) in [6, 6.07) is 57.8. The second-order valence-corrected chi connectivity index (χ2v) is 13.3. The number of nitrogens with one attached hydrogen (secondary N) is 1. The van der Waals surface area contributed by atoms with Gasteiger partial charge in [-0.1, -0.05) is 187 Å². The summed E-state index contributed by atoms with van der Waals surface area (Å²) in [5.41, 5.74) is 11.5. The molecule has 1 nitrogen and oxygen atoms in total. The van der Waals surface area contributed by atoms with Gasteiger partial charge < -0.3 is 5.32 Å². The number of aryl methyl sites for hydroxylation is 7. The van der Waals surface area contributed by atoms with E-state index in [1.54, 1.807) is 0 Å². The van der Waals surface area contributed by atoms with Gasteiger partial charge in [0.1, 0.15) is 0 Å². The van der Waals surface area contributed by atoms with Gasteiger partial charge in [-0.2, -0.15) is 0 Å². The van der Waals surface area contributed by atoms with Crippen molar-refractivity contribution in [2.75, 3.05) is 5.32 Å². The van der Waals surface area contributed by atoms with Crippen molar-refractivity contribution in [1.82, 2.24) is 0 Å². The zero-order valence-electron chi connectivity index (χ0n) is 32.6. The van der Waals surface area contributed by atoms with Crippen molar-refractivity contribution >= 4 is 43.7 Å². The predicted octanol–water partition coefficient (Wildman–Crippen LogP) is 15.1. The maximum atomic E-state index is 3.36. The molecular weight excluding hydrogens is 627 g/mol. The number of fused-ring (bicyclic) bond motifs is 5. The first kappa shape index (κ1) is 39.1. The monoisotopic (exact) mass is 681 g/mol. The average molecular weight is 682 g/mol. The number of anilines is 2. The molecule has 0 aliphatic heterocycles. The fraction of sp³-hybridized carbons (Fsp3) is 0.176. The van der Waals surface area contributed by atoms with Gasteiger partial charge in [0.15, 0.2) is 0 Å². The maximum absolute atomic E-state index is 3.36. The summed E-state index contributed by atoms with van der Waals surface area (Å²) in [5.74, 6) is 0. The van der Waals surface area contributed by atoms with Crippen LogP contribution in [0.25, 0.3) is 32.3 Å². The van der Waals surface area contributed by atoms with Gasteiger partial charge >= 0.3 is 0 Å². The van der Waals surface area contributed by atoms with Gasteiger partial charge in [-0.15, -0.1) is 0 Å². The Morgan fingerprint density at radius 2 is 0.615 bits per heavy atom. The lowest BCUT2D eigenvalue weighted by atomic mass is 9.94. The van der Waals surface area contributed by atoms with E-state index in [2.05, 4.69) is 218 Å². The van der Waals surface area contributed by atoms with E-state index in [0.29, 0.717) is 0 Å². The van der Waals surface area contributed by atoms with Crippen LogP contribution in [0, 0.1) is 48.5 Å². The number of rotatable bonds is 2. The van der Waals surface area contributed by atoms with Crippen molar-refractivity contribution in [2.45, 2.75) is 62.3 Å². The molecule has 52 heavy (non-hydrogen) atoms. The van der Waals surface area contributed by atoms with Crippen LogP contribution in [0.4, 0.5) is 11.4 Å². The zero-order chi connectivity index (χ0) is 37.5. The summed E-state index contributed by atoms with van der Waals surface area (Å²) in [6.45, 7) is 18.8. The van der Waals surface area contributed by atoms with E-state index in [-0.39, 0.29) is 0 Å². The maximum Gasteiger partial charge on any atom is 0.0384 e. The minimum Gasteiger partial charge on any atom is -0.356 e. The molecule has 1 N–H and O–H groups in total. The van der Waals surface area contributed by atoms with E-state index < -0.39 is 0 Å². The molecule has 0 saturated carbocycles. The van der Waals surface area contributed by atoms with Crippen LogP contribution in [0.5, 0.6) is 0 Å². The third kappa shape index (κ3) is 11.4. The second-order valence-electron chi connectivity index (χ2n) is 13.3. The molecular formula is C51H55N. The summed E-state index contributed by atoms with van der Waals surface area (Å²) >= 11 is 0. The van der Waals surface area contributed by atoms with E-state index in [0.717, 1.165) is 11.4 Å². The first-order valence-electron chi connectivity index (χ1n) is 18.4. The van der Waals surface area contributed by atoms with Gasteiger partial charge in [0, 0.05) is 11.4 Å². The molecule has 0 spiro atoms. The molecule has 0 heterocycles. The van der Waals surface area contributed by atoms with Gasteiger partial charge in [0.25, 0.3) is 0 Å². The van der Waals surface area contributed by atoms with Crippen molar-refractivity contribution in [3.8, 4) is 0 Å². The summed E-state index contributed by atoms with van der Waals surface area (Å²) < 4.78 is 0. The lowest BCUT2D eigenvalue weighted by molar-refractivity contribution is 1.40. The molecule has 8 aromatic rings. The predicted molar refractivity (Wildman–Crippen MR) is 233 cm³/mol. The Morgan fingerprint density at radius 3 is 1.04 bits per heavy atom. The summed E-state index contributed by atoms with van der Waals surface area (Å²) in [4.78, 5) is 0. The Balaban J connectivity index is 0.000000163. The fourth-order valence-corrected chi connectivity index (χ4v) is 5.76. The standard InChI is InChI=1S/C19H14.C14H15N.2C8H10.C2H6/c1-13-12-19-16-8-3-2-6-14(16)10-11-18(19)17-9-5-4-7-15(13)17;1-11-3-7-13(8-4-11)15-14-9-5-12(2)6-10-14;2*1-7-3-5-8(2)6-4-7;1-2/h2-12H,1H3;3-10,15H,1-2H3;2*3-6H,1-2H3;1-2H3. The van der Waals surface area contributed by atoms with Crippen molar-refractivity contribution in [2.24, 2.45) is 0 Å². The number of hydrogen-bond acceptors (Lipinski definition) is 1. The molecule has 8 aromatic carbocycles. The van der Waals surface area contributed by atoms with Crippen LogP contribution in [-0.2, 0) is 0 Å². The van der Waals surface area contributed by atoms with Crippen molar-refractivity contribution in [3.63, 3.8) is 0 Å². The molecule has 0 radical (unpaired) electrons. The van der Waals surface area contributed by atoms with Crippen molar-refractivity contribution < 1.29 is 0 Å². The van der Waals surface area contributed by atoms with Gasteiger partial charge in [-0.05, 0) is 111 Å². The van der Waals surface area contributed by atoms with E-state index in [9.17, 15) is 0 Å². The molecule has 0 amide bonds. The molecule has 0 atom stereocenters. The van der Waals surface area contributed by atoms with E-state index in [1.165, 1.54) is 71.3 Å². The van der Waals surface area contributed by atoms with E-state index in [4.69, 9.17) is 0 Å². The summed E-state index contributed by atoms with van der Waals surface area (Å²) in [6.07, 6.45) is 0. The molecule has 264 valence electrons. The molecule has 0 aliphatic carbocycles. The first-order valence-corrected chi connectivity index (χ1v) is 18.4. The molecule has 0 unspecified atom stereocenters. The lowest BCUT2D eigenvalue weighted by Gasteiger charge is -2.10. The Labute approximate surface area is 313 Å². The van der Waals surface area contributed by atoms with Crippen LogP contribution in [0.3, 0.4) is 0 Å². The molecule has 0 fully saturated rings. The van der Waals surface area contributed by atoms with Gasteiger partial charge in [-0.25, -0.2) is 0 Å². The molecule has 0 bridgehead atoms. The Hall–Kier alpha value is -5.66. The zero-order valence-corrected chi connectivity index (χ0v) is 32.6. The highest BCUT2D eigenvalue weighted by atomic mass is 14.9. The van der Waals surface area contributed by atoms with E-state index in [1.807, 2.05) is 13.8 Å². The van der Waals surface area contributed by atoms with Crippen LogP contribution in [-0.4, -0.2) is 0 Å². The first-order chi connectivity index (χ1) is 25.2. The molecule has 0 aliphatic rings. The topological polar surface area (TPSA) is 12.0 Å². The highest BCUT2D eigenvalue weighted by molar-refractivity contribution is 6.18. The highest BCUT2D eigenvalue weighted by Gasteiger charge is 2.06. The van der Waals surface area contributed by atoms with Crippen LogP contribution in [0.1, 0.15) is 52.8 Å². The second kappa shape index (κ2) is 19.7. The SMILES string of the molecule is CC.Cc1cc2c3ccccc3ccc2c2ccccc12.Cc1ccc(C)cc1.Cc1ccc(C)cc1.Cc1ccc(Nc2ccc(C)cc2)cc1. The minimum atomic E-state index is 1.13. The molecule has 8 rings (SSSR count). The minimum absolute atomic E-state index is 1.13. The summed E-state index contributed by atoms with van der Waals surface area (Å²) in [5, 5.41) is 11.4. The Bertz CT molecular complexity index is 2130. The van der Waals surface area contributed by atoms with Crippen LogP contribution >= 0.6 is 0 Å².